The molecular formula is C8H13FN2. The molecule has 1 heterocycles. The minimum atomic E-state index is -0.251. The zero-order valence-corrected chi connectivity index (χ0v) is 7.11. The van der Waals surface area contributed by atoms with Gasteiger partial charge in [0.15, 0.2) is 5.95 Å². The lowest BCUT2D eigenvalue weighted by Gasteiger charge is -2.07. The molecule has 0 unspecified atom stereocenters. The Morgan fingerprint density at radius 1 is 1.55 bits per heavy atom. The number of nitrogens with one attached hydrogen (secondary N) is 1. The molecule has 62 valence electrons. The predicted molar refractivity (Wildman–Crippen MR) is 42.9 cm³/mol. The Bertz CT molecular complexity index is 240. The maximum absolute atomic E-state index is 12.6. The fourth-order valence-corrected chi connectivity index (χ4v) is 1.06. The summed E-state index contributed by atoms with van der Waals surface area (Å²) < 4.78 is 12.6. The lowest BCUT2D eigenvalue weighted by atomic mass is 10.2. The third-order valence-corrected chi connectivity index (χ3v) is 1.58. The number of H-pyrrole nitrogens is 1. The standard InChI is InChI=1S/C8H13FN2/c1-6-7(5-11(2)3)4-8(9)10-6/h4,10H,5H2,1-3H3. The van der Waals surface area contributed by atoms with E-state index in [1.54, 1.807) is 0 Å². The number of nitrogens with zero attached hydrogens (tertiary/aromatic N) is 1. The Morgan fingerprint density at radius 3 is 2.55 bits per heavy atom. The highest BCUT2D eigenvalue weighted by Gasteiger charge is 2.03. The van der Waals surface area contributed by atoms with Crippen LogP contribution in [-0.4, -0.2) is 24.0 Å². The van der Waals surface area contributed by atoms with Crippen molar-refractivity contribution < 1.29 is 4.39 Å². The van der Waals surface area contributed by atoms with Crippen LogP contribution in [0.4, 0.5) is 4.39 Å². The Kier molecular flexibility index (Phi) is 2.29. The fourth-order valence-electron chi connectivity index (χ4n) is 1.06. The van der Waals surface area contributed by atoms with Crippen LogP contribution in [0.3, 0.4) is 0 Å². The second kappa shape index (κ2) is 3.05. The van der Waals surface area contributed by atoms with Crippen LogP contribution in [0.15, 0.2) is 6.07 Å². The van der Waals surface area contributed by atoms with E-state index in [1.165, 1.54) is 6.07 Å². The molecule has 0 amide bonds. The van der Waals surface area contributed by atoms with Gasteiger partial charge in [-0.3, -0.25) is 0 Å². The van der Waals surface area contributed by atoms with Crippen molar-refractivity contribution in [3.05, 3.63) is 23.3 Å². The lowest BCUT2D eigenvalue weighted by molar-refractivity contribution is 0.401. The molecule has 0 atom stereocenters. The van der Waals surface area contributed by atoms with E-state index in [-0.39, 0.29) is 5.95 Å². The quantitative estimate of drug-likeness (QED) is 0.688. The van der Waals surface area contributed by atoms with Crippen molar-refractivity contribution in [2.45, 2.75) is 13.5 Å². The van der Waals surface area contributed by atoms with Gasteiger partial charge in [-0.15, -0.1) is 0 Å². The van der Waals surface area contributed by atoms with Crippen LogP contribution in [0.1, 0.15) is 11.3 Å². The maximum atomic E-state index is 12.6. The molecule has 3 heteroatoms. The molecular weight excluding hydrogens is 143 g/mol. The van der Waals surface area contributed by atoms with E-state index in [0.29, 0.717) is 0 Å². The van der Waals surface area contributed by atoms with E-state index in [4.69, 9.17) is 0 Å². The van der Waals surface area contributed by atoms with Gasteiger partial charge in [0.05, 0.1) is 0 Å². The fraction of sp³-hybridized carbons (Fsp3) is 0.500. The molecule has 0 aromatic carbocycles. The number of aromatic nitrogens is 1. The normalized spacial score (nSPS) is 11.0. The Hall–Kier alpha value is -0.830. The van der Waals surface area contributed by atoms with E-state index in [2.05, 4.69) is 4.98 Å². The average molecular weight is 156 g/mol. The van der Waals surface area contributed by atoms with Crippen molar-refractivity contribution in [2.75, 3.05) is 14.1 Å². The molecule has 0 spiro atoms. The van der Waals surface area contributed by atoms with Gasteiger partial charge in [0.1, 0.15) is 0 Å². The number of halogens is 1. The van der Waals surface area contributed by atoms with Gasteiger partial charge in [-0.25, -0.2) is 0 Å². The summed E-state index contributed by atoms with van der Waals surface area (Å²) in [6.07, 6.45) is 0. The highest BCUT2D eigenvalue weighted by Crippen LogP contribution is 2.09. The summed E-state index contributed by atoms with van der Waals surface area (Å²) >= 11 is 0. The molecule has 0 saturated heterocycles. The summed E-state index contributed by atoms with van der Waals surface area (Å²) in [6.45, 7) is 2.66. The van der Waals surface area contributed by atoms with Gasteiger partial charge in [-0.05, 0) is 32.6 Å². The van der Waals surface area contributed by atoms with Crippen molar-refractivity contribution >= 4 is 0 Å². The predicted octanol–water partition coefficient (Wildman–Crippen LogP) is 1.52. The summed E-state index contributed by atoms with van der Waals surface area (Å²) in [5.41, 5.74) is 1.93. The molecule has 0 aliphatic carbocycles. The van der Waals surface area contributed by atoms with Crippen molar-refractivity contribution in [2.24, 2.45) is 0 Å². The van der Waals surface area contributed by atoms with Crippen molar-refractivity contribution in [3.63, 3.8) is 0 Å². The number of rotatable bonds is 2. The number of hydrogen-bond acceptors (Lipinski definition) is 1. The monoisotopic (exact) mass is 156 g/mol. The van der Waals surface area contributed by atoms with Crippen molar-refractivity contribution in [1.29, 1.82) is 0 Å². The number of hydrogen-bond donors (Lipinski definition) is 1. The molecule has 1 rings (SSSR count). The summed E-state index contributed by atoms with van der Waals surface area (Å²) in [7, 11) is 3.93. The molecule has 0 saturated carbocycles. The van der Waals surface area contributed by atoms with Gasteiger partial charge < -0.3 is 9.88 Å². The SMILES string of the molecule is Cc1[nH]c(F)cc1CN(C)C. The molecule has 1 aromatic heterocycles. The number of aromatic amines is 1. The smallest absolute Gasteiger partial charge is 0.191 e. The topological polar surface area (TPSA) is 19.0 Å². The molecule has 2 nitrogen and oxygen atoms in total. The van der Waals surface area contributed by atoms with Gasteiger partial charge in [0.25, 0.3) is 0 Å². The maximum Gasteiger partial charge on any atom is 0.191 e. The van der Waals surface area contributed by atoms with E-state index in [1.807, 2.05) is 25.9 Å². The molecule has 11 heavy (non-hydrogen) atoms. The van der Waals surface area contributed by atoms with Gasteiger partial charge in [-0.1, -0.05) is 0 Å². The molecule has 0 bridgehead atoms. The van der Waals surface area contributed by atoms with Crippen LogP contribution in [0.2, 0.25) is 0 Å². The van der Waals surface area contributed by atoms with E-state index >= 15 is 0 Å². The second-order valence-electron chi connectivity index (χ2n) is 3.01. The minimum Gasteiger partial charge on any atom is -0.336 e. The van der Waals surface area contributed by atoms with Crippen LogP contribution < -0.4 is 0 Å². The number of aryl methyl sites for hydroxylation is 1. The molecule has 0 aliphatic heterocycles. The first kappa shape index (κ1) is 8.27. The van der Waals surface area contributed by atoms with Gasteiger partial charge in [-0.2, -0.15) is 4.39 Å². The zero-order chi connectivity index (χ0) is 8.43. The van der Waals surface area contributed by atoms with Crippen LogP contribution in [-0.2, 0) is 6.54 Å². The zero-order valence-electron chi connectivity index (χ0n) is 7.11. The third kappa shape index (κ3) is 2.05. The molecule has 0 aliphatic rings. The van der Waals surface area contributed by atoms with E-state index in [9.17, 15) is 4.39 Å². The summed E-state index contributed by atoms with van der Waals surface area (Å²) in [5, 5.41) is 0. The van der Waals surface area contributed by atoms with E-state index < -0.39 is 0 Å². The molecule has 0 radical (unpaired) electrons. The van der Waals surface area contributed by atoms with Gasteiger partial charge >= 0.3 is 0 Å². The summed E-state index contributed by atoms with van der Waals surface area (Å²) in [4.78, 5) is 4.63. The largest absolute Gasteiger partial charge is 0.336 e. The Labute approximate surface area is 66.0 Å². The summed E-state index contributed by atoms with van der Waals surface area (Å²) in [5.74, 6) is -0.251. The van der Waals surface area contributed by atoms with E-state index in [0.717, 1.165) is 17.8 Å². The first-order chi connectivity index (χ1) is 5.09. The van der Waals surface area contributed by atoms with Gasteiger partial charge in [0, 0.05) is 12.2 Å². The van der Waals surface area contributed by atoms with Crippen molar-refractivity contribution in [1.82, 2.24) is 9.88 Å². The molecule has 1 N–H and O–H groups in total. The molecule has 1 aromatic rings. The van der Waals surface area contributed by atoms with Crippen LogP contribution in [0.25, 0.3) is 0 Å². The second-order valence-corrected chi connectivity index (χ2v) is 3.01. The molecule has 0 fully saturated rings. The first-order valence-electron chi connectivity index (χ1n) is 3.58. The average Bonchev–Trinajstić information content (AvgIpc) is 2.09. The van der Waals surface area contributed by atoms with Gasteiger partial charge in [0.2, 0.25) is 0 Å². The lowest BCUT2D eigenvalue weighted by Crippen LogP contribution is -2.10. The Morgan fingerprint density at radius 2 is 2.18 bits per heavy atom. The highest BCUT2D eigenvalue weighted by atomic mass is 19.1. The first-order valence-corrected chi connectivity index (χ1v) is 3.58. The van der Waals surface area contributed by atoms with Crippen LogP contribution in [0.5, 0.6) is 0 Å². The van der Waals surface area contributed by atoms with Crippen LogP contribution in [0, 0.1) is 12.9 Å². The third-order valence-electron chi connectivity index (χ3n) is 1.58. The van der Waals surface area contributed by atoms with Crippen LogP contribution >= 0.6 is 0 Å². The minimum absolute atomic E-state index is 0.251. The highest BCUT2D eigenvalue weighted by molar-refractivity contribution is 5.19. The Balaban J connectivity index is 2.77. The van der Waals surface area contributed by atoms with Crippen molar-refractivity contribution in [3.8, 4) is 0 Å². The summed E-state index contributed by atoms with van der Waals surface area (Å²) in [6, 6.07) is 1.54.